The van der Waals surface area contributed by atoms with Crippen molar-refractivity contribution >= 4 is 11.7 Å². The summed E-state index contributed by atoms with van der Waals surface area (Å²) in [6.45, 7) is 1.69. The maximum atomic E-state index is 12.5. The molecule has 0 unspecified atom stereocenters. The number of hydrogen-bond donors (Lipinski definition) is 1. The molecule has 0 aromatic heterocycles. The Morgan fingerprint density at radius 1 is 1.04 bits per heavy atom. The second-order valence-corrected chi connectivity index (χ2v) is 8.88. The zero-order chi connectivity index (χ0) is 18.1. The molecule has 0 aliphatic heterocycles. The van der Waals surface area contributed by atoms with Gasteiger partial charge in [-0.1, -0.05) is 12.1 Å². The van der Waals surface area contributed by atoms with Crippen molar-refractivity contribution in [1.29, 1.82) is 0 Å². The normalized spacial score (nSPS) is 31.7. The van der Waals surface area contributed by atoms with Gasteiger partial charge in [-0.15, -0.1) is 0 Å². The summed E-state index contributed by atoms with van der Waals surface area (Å²) in [5.41, 5.74) is 1.16. The highest BCUT2D eigenvalue weighted by molar-refractivity contribution is 5.78. The van der Waals surface area contributed by atoms with Crippen molar-refractivity contribution < 1.29 is 14.3 Å². The molecule has 1 aromatic rings. The van der Waals surface area contributed by atoms with Gasteiger partial charge in [0.05, 0.1) is 0 Å². The van der Waals surface area contributed by atoms with E-state index < -0.39 is 0 Å². The predicted molar refractivity (Wildman–Crippen MR) is 100.0 cm³/mol. The van der Waals surface area contributed by atoms with Crippen LogP contribution in [0.3, 0.4) is 0 Å². The molecular formula is C22H29NO3. The molecule has 1 amide bonds. The first-order valence-corrected chi connectivity index (χ1v) is 10.0. The van der Waals surface area contributed by atoms with E-state index in [4.69, 9.17) is 4.74 Å². The summed E-state index contributed by atoms with van der Waals surface area (Å²) in [4.78, 5) is 23.5. The van der Waals surface area contributed by atoms with Crippen LogP contribution >= 0.6 is 0 Å². The number of carbonyl (C=O) groups is 2. The number of nitrogens with one attached hydrogen (secondary N) is 1. The molecule has 4 aliphatic rings. The van der Waals surface area contributed by atoms with E-state index in [0.29, 0.717) is 12.2 Å². The van der Waals surface area contributed by atoms with Crippen molar-refractivity contribution in [3.8, 4) is 5.75 Å². The zero-order valence-electron chi connectivity index (χ0n) is 15.6. The van der Waals surface area contributed by atoms with Crippen LogP contribution < -0.4 is 10.1 Å². The van der Waals surface area contributed by atoms with E-state index in [-0.39, 0.29) is 23.8 Å². The molecule has 4 saturated carbocycles. The van der Waals surface area contributed by atoms with Crippen LogP contribution in [0.2, 0.25) is 0 Å². The second-order valence-electron chi connectivity index (χ2n) is 8.88. The predicted octanol–water partition coefficient (Wildman–Crippen LogP) is 3.67. The van der Waals surface area contributed by atoms with Crippen LogP contribution in [0.4, 0.5) is 0 Å². The van der Waals surface area contributed by atoms with E-state index in [2.05, 4.69) is 5.32 Å². The van der Waals surface area contributed by atoms with Gasteiger partial charge in [-0.25, -0.2) is 0 Å². The largest absolute Gasteiger partial charge is 0.484 e. The highest BCUT2D eigenvalue weighted by Crippen LogP contribution is 2.55. The number of ether oxygens (including phenoxy) is 1. The molecule has 4 fully saturated rings. The van der Waals surface area contributed by atoms with Gasteiger partial charge in [0.1, 0.15) is 11.5 Å². The summed E-state index contributed by atoms with van der Waals surface area (Å²) < 4.78 is 5.68. The third kappa shape index (κ3) is 3.94. The summed E-state index contributed by atoms with van der Waals surface area (Å²) in [5.74, 6) is 3.39. The lowest BCUT2D eigenvalue weighted by Gasteiger charge is -2.56. The van der Waals surface area contributed by atoms with Gasteiger partial charge in [-0.2, -0.15) is 0 Å². The Labute approximate surface area is 155 Å². The van der Waals surface area contributed by atoms with Gasteiger partial charge in [0.25, 0.3) is 5.91 Å². The Morgan fingerprint density at radius 2 is 1.62 bits per heavy atom. The van der Waals surface area contributed by atoms with Gasteiger partial charge in [-0.05, 0) is 87.3 Å². The van der Waals surface area contributed by atoms with E-state index in [0.717, 1.165) is 49.0 Å². The van der Waals surface area contributed by atoms with E-state index in [9.17, 15) is 9.59 Å². The molecule has 4 aliphatic carbocycles. The summed E-state index contributed by atoms with van der Waals surface area (Å²) >= 11 is 0. The van der Waals surface area contributed by atoms with Crippen molar-refractivity contribution in [3.63, 3.8) is 0 Å². The molecule has 0 heterocycles. The number of amides is 1. The molecule has 4 heteroatoms. The molecule has 5 rings (SSSR count). The fraction of sp³-hybridized carbons (Fsp3) is 0.636. The summed E-state index contributed by atoms with van der Waals surface area (Å²) in [7, 11) is 0. The molecule has 0 saturated heterocycles. The zero-order valence-corrected chi connectivity index (χ0v) is 15.6. The number of benzene rings is 1. The maximum Gasteiger partial charge on any atom is 0.258 e. The molecule has 4 nitrogen and oxygen atoms in total. The topological polar surface area (TPSA) is 55.4 Å². The third-order valence-electron chi connectivity index (χ3n) is 6.50. The summed E-state index contributed by atoms with van der Waals surface area (Å²) in [6, 6.07) is 7.70. The van der Waals surface area contributed by atoms with Crippen LogP contribution in [-0.4, -0.2) is 23.8 Å². The van der Waals surface area contributed by atoms with Gasteiger partial charge in [0, 0.05) is 12.0 Å². The molecule has 0 radical (unpaired) electrons. The third-order valence-corrected chi connectivity index (χ3v) is 6.50. The van der Waals surface area contributed by atoms with Crippen molar-refractivity contribution in [2.45, 2.75) is 63.8 Å². The minimum atomic E-state index is 0.00704. The smallest absolute Gasteiger partial charge is 0.258 e. The number of rotatable bonds is 7. The van der Waals surface area contributed by atoms with Crippen LogP contribution in [0, 0.1) is 17.8 Å². The van der Waals surface area contributed by atoms with Gasteiger partial charge in [0.2, 0.25) is 0 Å². The standard InChI is InChI=1S/C22H29NO3/c1-15(24)2-3-16-4-6-20(7-5-16)26-14-21(25)23-22-11-17-8-18(12-22)10-19(9-17)13-22/h4-7,17-19H,2-3,8-14H2,1H3,(H,23,25). The molecular weight excluding hydrogens is 326 g/mol. The Morgan fingerprint density at radius 3 is 2.15 bits per heavy atom. The van der Waals surface area contributed by atoms with Crippen LogP contribution in [0.25, 0.3) is 0 Å². The van der Waals surface area contributed by atoms with Crippen molar-refractivity contribution in [1.82, 2.24) is 5.32 Å². The van der Waals surface area contributed by atoms with Gasteiger partial charge in [-0.3, -0.25) is 4.79 Å². The summed E-state index contributed by atoms with van der Waals surface area (Å²) in [6.07, 6.45) is 8.93. The van der Waals surface area contributed by atoms with Crippen molar-refractivity contribution in [2.75, 3.05) is 6.61 Å². The monoisotopic (exact) mass is 355 g/mol. The first-order chi connectivity index (χ1) is 12.5. The van der Waals surface area contributed by atoms with E-state index in [1.165, 1.54) is 19.3 Å². The average Bonchev–Trinajstić information content (AvgIpc) is 2.57. The number of aryl methyl sites for hydroxylation is 1. The molecule has 26 heavy (non-hydrogen) atoms. The number of carbonyl (C=O) groups excluding carboxylic acids is 2. The summed E-state index contributed by atoms with van der Waals surface area (Å²) in [5, 5.41) is 3.34. The number of ketones is 1. The highest BCUT2D eigenvalue weighted by Gasteiger charge is 2.51. The van der Waals surface area contributed by atoms with Crippen LogP contribution in [0.15, 0.2) is 24.3 Å². The lowest BCUT2D eigenvalue weighted by molar-refractivity contribution is -0.128. The molecule has 4 bridgehead atoms. The van der Waals surface area contributed by atoms with E-state index in [1.807, 2.05) is 24.3 Å². The SMILES string of the molecule is CC(=O)CCc1ccc(OCC(=O)NC23CC4CC(CC(C4)C2)C3)cc1. The van der Waals surface area contributed by atoms with Gasteiger partial charge < -0.3 is 14.8 Å². The lowest BCUT2D eigenvalue weighted by Crippen LogP contribution is -2.60. The van der Waals surface area contributed by atoms with Crippen molar-refractivity contribution in [3.05, 3.63) is 29.8 Å². The Balaban J connectivity index is 1.27. The molecule has 140 valence electrons. The van der Waals surface area contributed by atoms with Gasteiger partial charge in [0.15, 0.2) is 6.61 Å². The molecule has 0 atom stereocenters. The fourth-order valence-corrected chi connectivity index (χ4v) is 5.82. The fourth-order valence-electron chi connectivity index (χ4n) is 5.82. The van der Waals surface area contributed by atoms with Crippen LogP contribution in [0.1, 0.15) is 57.4 Å². The number of hydrogen-bond acceptors (Lipinski definition) is 3. The van der Waals surface area contributed by atoms with Gasteiger partial charge >= 0.3 is 0 Å². The lowest BCUT2D eigenvalue weighted by atomic mass is 9.53. The Hall–Kier alpha value is -1.84. The Kier molecular flexibility index (Phi) is 4.76. The first kappa shape index (κ1) is 17.6. The van der Waals surface area contributed by atoms with Crippen molar-refractivity contribution in [2.24, 2.45) is 17.8 Å². The van der Waals surface area contributed by atoms with E-state index >= 15 is 0 Å². The first-order valence-electron chi connectivity index (χ1n) is 10.0. The van der Waals surface area contributed by atoms with Crippen LogP contribution in [0.5, 0.6) is 5.75 Å². The average molecular weight is 355 g/mol. The highest BCUT2D eigenvalue weighted by atomic mass is 16.5. The molecule has 1 N–H and O–H groups in total. The second kappa shape index (κ2) is 7.05. The minimum Gasteiger partial charge on any atom is -0.484 e. The minimum absolute atomic E-state index is 0.00704. The number of Topliss-reactive ketones (excluding diaryl/α,β-unsaturated/α-hetero) is 1. The van der Waals surface area contributed by atoms with Crippen LogP contribution in [-0.2, 0) is 16.0 Å². The molecule has 1 aromatic carbocycles. The maximum absolute atomic E-state index is 12.5. The quantitative estimate of drug-likeness (QED) is 0.812. The molecule has 0 spiro atoms. The van der Waals surface area contributed by atoms with E-state index in [1.54, 1.807) is 6.92 Å². The Bertz CT molecular complexity index is 644.